The largest absolute Gasteiger partial charge is 0.384 e. The van der Waals surface area contributed by atoms with Crippen molar-refractivity contribution in [1.29, 1.82) is 0 Å². The molecule has 0 saturated heterocycles. The Morgan fingerprint density at radius 1 is 1.25 bits per heavy atom. The summed E-state index contributed by atoms with van der Waals surface area (Å²) in [5, 5.41) is 8.68. The lowest BCUT2D eigenvalue weighted by molar-refractivity contribution is 1.16. The third kappa shape index (κ3) is 2.97. The van der Waals surface area contributed by atoms with Gasteiger partial charge in [-0.15, -0.1) is 11.3 Å². The Balaban J connectivity index is 1.96. The van der Waals surface area contributed by atoms with Crippen molar-refractivity contribution >= 4 is 22.7 Å². The van der Waals surface area contributed by atoms with E-state index in [-0.39, 0.29) is 0 Å². The number of rotatable bonds is 5. The summed E-state index contributed by atoms with van der Waals surface area (Å²) in [6, 6.07) is 6.26. The SMILES string of the molecule is CCNc1cncc(NCc2cccs2)c1. The normalized spacial score (nSPS) is 10.1. The van der Waals surface area contributed by atoms with Gasteiger partial charge in [-0.1, -0.05) is 6.07 Å². The van der Waals surface area contributed by atoms with E-state index in [0.717, 1.165) is 24.5 Å². The molecule has 0 amide bonds. The molecule has 0 spiro atoms. The van der Waals surface area contributed by atoms with E-state index >= 15 is 0 Å². The Labute approximate surface area is 99.5 Å². The van der Waals surface area contributed by atoms with E-state index in [1.807, 2.05) is 12.4 Å². The molecule has 0 unspecified atom stereocenters. The van der Waals surface area contributed by atoms with Crippen LogP contribution in [0.1, 0.15) is 11.8 Å². The second kappa shape index (κ2) is 5.51. The minimum absolute atomic E-state index is 0.856. The third-order valence-electron chi connectivity index (χ3n) is 2.17. The van der Waals surface area contributed by atoms with Crippen LogP contribution in [0.4, 0.5) is 11.4 Å². The van der Waals surface area contributed by atoms with Crippen LogP contribution in [0.3, 0.4) is 0 Å². The van der Waals surface area contributed by atoms with Crippen molar-refractivity contribution in [2.24, 2.45) is 0 Å². The molecule has 0 aromatic carbocycles. The highest BCUT2D eigenvalue weighted by atomic mass is 32.1. The molecule has 4 heteroatoms. The molecule has 2 heterocycles. The highest BCUT2D eigenvalue weighted by molar-refractivity contribution is 7.09. The van der Waals surface area contributed by atoms with Gasteiger partial charge in [-0.2, -0.15) is 0 Å². The third-order valence-corrected chi connectivity index (χ3v) is 3.04. The van der Waals surface area contributed by atoms with Crippen LogP contribution >= 0.6 is 11.3 Å². The molecule has 0 bridgehead atoms. The monoisotopic (exact) mass is 233 g/mol. The Morgan fingerprint density at radius 2 is 2.06 bits per heavy atom. The molecular weight excluding hydrogens is 218 g/mol. The van der Waals surface area contributed by atoms with E-state index in [9.17, 15) is 0 Å². The summed E-state index contributed by atoms with van der Waals surface area (Å²) in [5.41, 5.74) is 2.10. The van der Waals surface area contributed by atoms with Gasteiger partial charge in [0.25, 0.3) is 0 Å². The fourth-order valence-electron chi connectivity index (χ4n) is 1.44. The number of nitrogens with one attached hydrogen (secondary N) is 2. The van der Waals surface area contributed by atoms with Gasteiger partial charge in [0.05, 0.1) is 23.8 Å². The molecule has 0 radical (unpaired) electrons. The average Bonchev–Trinajstić information content (AvgIpc) is 2.80. The average molecular weight is 233 g/mol. The molecule has 0 saturated carbocycles. The molecule has 2 aromatic heterocycles. The number of pyridine rings is 1. The quantitative estimate of drug-likeness (QED) is 0.832. The zero-order chi connectivity index (χ0) is 11.2. The van der Waals surface area contributed by atoms with Crippen LogP contribution in [0.2, 0.25) is 0 Å². The molecule has 2 aromatic rings. The van der Waals surface area contributed by atoms with Crippen LogP contribution in [-0.4, -0.2) is 11.5 Å². The summed E-state index contributed by atoms with van der Waals surface area (Å²) in [4.78, 5) is 5.51. The smallest absolute Gasteiger partial charge is 0.0550 e. The molecular formula is C12H15N3S. The number of nitrogens with zero attached hydrogens (tertiary/aromatic N) is 1. The minimum Gasteiger partial charge on any atom is -0.384 e. The van der Waals surface area contributed by atoms with Crippen LogP contribution in [0.15, 0.2) is 36.0 Å². The highest BCUT2D eigenvalue weighted by Crippen LogP contribution is 2.15. The number of thiophene rings is 1. The first-order chi connectivity index (χ1) is 7.88. The predicted molar refractivity (Wildman–Crippen MR) is 70.0 cm³/mol. The molecule has 0 aliphatic rings. The van der Waals surface area contributed by atoms with Gasteiger partial charge in [-0.3, -0.25) is 4.98 Å². The molecule has 0 fully saturated rings. The van der Waals surface area contributed by atoms with Crippen molar-refractivity contribution in [3.63, 3.8) is 0 Å². The number of hydrogen-bond donors (Lipinski definition) is 2. The maximum absolute atomic E-state index is 4.18. The second-order valence-electron chi connectivity index (χ2n) is 3.43. The van der Waals surface area contributed by atoms with Crippen molar-refractivity contribution in [2.75, 3.05) is 17.2 Å². The second-order valence-corrected chi connectivity index (χ2v) is 4.46. The first-order valence-corrected chi connectivity index (χ1v) is 6.21. The Bertz CT molecular complexity index is 426. The van der Waals surface area contributed by atoms with Gasteiger partial charge in [0.2, 0.25) is 0 Å². The Hall–Kier alpha value is -1.55. The summed E-state index contributed by atoms with van der Waals surface area (Å²) in [5.74, 6) is 0. The van der Waals surface area contributed by atoms with Gasteiger partial charge >= 0.3 is 0 Å². The highest BCUT2D eigenvalue weighted by Gasteiger charge is 1.97. The zero-order valence-corrected chi connectivity index (χ0v) is 10.1. The number of aromatic nitrogens is 1. The van der Waals surface area contributed by atoms with Crippen LogP contribution in [0.25, 0.3) is 0 Å². The molecule has 0 atom stereocenters. The number of hydrogen-bond acceptors (Lipinski definition) is 4. The summed E-state index contributed by atoms with van der Waals surface area (Å²) >= 11 is 1.76. The molecule has 16 heavy (non-hydrogen) atoms. The summed E-state index contributed by atoms with van der Waals surface area (Å²) in [6.07, 6.45) is 3.67. The predicted octanol–water partition coefficient (Wildman–Crippen LogP) is 3.19. The molecule has 84 valence electrons. The van der Waals surface area contributed by atoms with E-state index in [1.54, 1.807) is 11.3 Å². The summed E-state index contributed by atoms with van der Waals surface area (Å²) in [7, 11) is 0. The Morgan fingerprint density at radius 3 is 2.75 bits per heavy atom. The molecule has 2 rings (SSSR count). The van der Waals surface area contributed by atoms with Gasteiger partial charge in [-0.05, 0) is 24.4 Å². The number of anilines is 2. The van der Waals surface area contributed by atoms with E-state index in [1.165, 1.54) is 4.88 Å². The van der Waals surface area contributed by atoms with Gasteiger partial charge in [0.15, 0.2) is 0 Å². The lowest BCUT2D eigenvalue weighted by atomic mass is 10.3. The van der Waals surface area contributed by atoms with E-state index in [2.05, 4.69) is 46.1 Å². The van der Waals surface area contributed by atoms with Crippen molar-refractivity contribution < 1.29 is 0 Å². The van der Waals surface area contributed by atoms with Crippen LogP contribution in [0.5, 0.6) is 0 Å². The molecule has 0 aliphatic heterocycles. The van der Waals surface area contributed by atoms with E-state index in [4.69, 9.17) is 0 Å². The van der Waals surface area contributed by atoms with Gasteiger partial charge < -0.3 is 10.6 Å². The molecule has 2 N–H and O–H groups in total. The van der Waals surface area contributed by atoms with Gasteiger partial charge in [-0.25, -0.2) is 0 Å². The summed E-state index contributed by atoms with van der Waals surface area (Å²) in [6.45, 7) is 3.84. The molecule has 3 nitrogen and oxygen atoms in total. The first kappa shape index (κ1) is 11.0. The topological polar surface area (TPSA) is 37.0 Å². The van der Waals surface area contributed by atoms with Gasteiger partial charge in [0, 0.05) is 18.0 Å². The first-order valence-electron chi connectivity index (χ1n) is 5.33. The van der Waals surface area contributed by atoms with Crippen LogP contribution < -0.4 is 10.6 Å². The maximum Gasteiger partial charge on any atom is 0.0550 e. The minimum atomic E-state index is 0.856. The van der Waals surface area contributed by atoms with E-state index < -0.39 is 0 Å². The van der Waals surface area contributed by atoms with Crippen molar-refractivity contribution in [1.82, 2.24) is 4.98 Å². The van der Waals surface area contributed by atoms with Crippen molar-refractivity contribution in [3.05, 3.63) is 40.8 Å². The lowest BCUT2D eigenvalue weighted by Gasteiger charge is -2.07. The zero-order valence-electron chi connectivity index (χ0n) is 9.23. The summed E-state index contributed by atoms with van der Waals surface area (Å²) < 4.78 is 0. The van der Waals surface area contributed by atoms with E-state index in [0.29, 0.717) is 0 Å². The van der Waals surface area contributed by atoms with Crippen LogP contribution in [-0.2, 0) is 6.54 Å². The molecule has 0 aliphatic carbocycles. The fourth-order valence-corrected chi connectivity index (χ4v) is 2.08. The van der Waals surface area contributed by atoms with Crippen LogP contribution in [0, 0.1) is 0 Å². The lowest BCUT2D eigenvalue weighted by Crippen LogP contribution is -2.01. The maximum atomic E-state index is 4.18. The van der Waals surface area contributed by atoms with Gasteiger partial charge in [0.1, 0.15) is 0 Å². The van der Waals surface area contributed by atoms with Crippen molar-refractivity contribution in [2.45, 2.75) is 13.5 Å². The standard InChI is InChI=1S/C12H15N3S/c1-2-14-10-6-11(8-13-7-10)15-9-12-4-3-5-16-12/h3-8,14-15H,2,9H2,1H3. The Kier molecular flexibility index (Phi) is 3.77. The fraction of sp³-hybridized carbons (Fsp3) is 0.250. The van der Waals surface area contributed by atoms with Crippen molar-refractivity contribution in [3.8, 4) is 0 Å².